The van der Waals surface area contributed by atoms with Crippen LogP contribution in [0.25, 0.3) is 0 Å². The lowest BCUT2D eigenvalue weighted by Gasteiger charge is -2.31. The van der Waals surface area contributed by atoms with E-state index >= 15 is 0 Å². The van der Waals surface area contributed by atoms with Crippen LogP contribution in [0.1, 0.15) is 45.6 Å². The van der Waals surface area contributed by atoms with Gasteiger partial charge in [0.2, 0.25) is 0 Å². The van der Waals surface area contributed by atoms with Crippen LogP contribution in [0.4, 0.5) is 14.5 Å². The summed E-state index contributed by atoms with van der Waals surface area (Å²) in [4.78, 5) is 1.85. The Morgan fingerprint density at radius 2 is 1.79 bits per heavy atom. The monoisotopic (exact) mass is 333 g/mol. The second kappa shape index (κ2) is 7.83. The van der Waals surface area contributed by atoms with Crippen molar-refractivity contribution in [3.05, 3.63) is 29.3 Å². The molecule has 1 atom stereocenters. The maximum atomic E-state index is 14.2. The van der Waals surface area contributed by atoms with Crippen molar-refractivity contribution >= 4 is 21.6 Å². The average Bonchev–Trinajstić information content (AvgIpc) is 2.40. The zero-order chi connectivity index (χ0) is 14.4. The number of nitrogens with zero attached hydrogens (tertiary/aromatic N) is 1. The van der Waals surface area contributed by atoms with Crippen LogP contribution in [0.15, 0.2) is 12.1 Å². The predicted octanol–water partition coefficient (Wildman–Crippen LogP) is 5.26. The Kier molecular flexibility index (Phi) is 6.76. The van der Waals surface area contributed by atoms with Crippen molar-refractivity contribution in [3.8, 4) is 0 Å². The molecule has 1 rings (SSSR count). The lowest BCUT2D eigenvalue weighted by Crippen LogP contribution is -2.35. The molecule has 1 nitrogen and oxygen atoms in total. The quantitative estimate of drug-likeness (QED) is 0.615. The zero-order valence-electron chi connectivity index (χ0n) is 11.8. The van der Waals surface area contributed by atoms with Crippen molar-refractivity contribution in [2.24, 2.45) is 0 Å². The van der Waals surface area contributed by atoms with E-state index in [1.807, 2.05) is 18.7 Å². The molecule has 4 heteroatoms. The Hall–Kier alpha value is -0.640. The standard InChI is InChI=1S/C15H22BrF2N/c1-4-6-7-19(11(3)5-2)15-13(17)8-12(10-16)9-14(15)18/h8-9,11H,4-7,10H2,1-3H3. The average molecular weight is 334 g/mol. The number of benzene rings is 1. The van der Waals surface area contributed by atoms with Crippen molar-refractivity contribution in [1.82, 2.24) is 0 Å². The number of hydrogen-bond donors (Lipinski definition) is 0. The van der Waals surface area contributed by atoms with Crippen LogP contribution in [-0.2, 0) is 5.33 Å². The summed E-state index contributed by atoms with van der Waals surface area (Å²) in [6, 6.07) is 2.95. The summed E-state index contributed by atoms with van der Waals surface area (Å²) in [7, 11) is 0. The van der Waals surface area contributed by atoms with Gasteiger partial charge in [0.25, 0.3) is 0 Å². The van der Waals surface area contributed by atoms with E-state index in [0.717, 1.165) is 19.3 Å². The predicted molar refractivity (Wildman–Crippen MR) is 81.0 cm³/mol. The summed E-state index contributed by atoms with van der Waals surface area (Å²) in [6.07, 6.45) is 2.81. The molecular weight excluding hydrogens is 312 g/mol. The normalized spacial score (nSPS) is 12.5. The highest BCUT2D eigenvalue weighted by Crippen LogP contribution is 2.28. The summed E-state index contributed by atoms with van der Waals surface area (Å²) in [5, 5.41) is 0.458. The van der Waals surface area contributed by atoms with Gasteiger partial charge in [-0.05, 0) is 37.5 Å². The Balaban J connectivity index is 3.14. The minimum Gasteiger partial charge on any atom is -0.364 e. The molecule has 108 valence electrons. The van der Waals surface area contributed by atoms with Gasteiger partial charge in [-0.3, -0.25) is 0 Å². The number of alkyl halides is 1. The Morgan fingerprint density at radius 1 is 1.21 bits per heavy atom. The number of halogens is 3. The molecule has 0 saturated carbocycles. The van der Waals surface area contributed by atoms with Crippen LogP contribution in [0.5, 0.6) is 0 Å². The van der Waals surface area contributed by atoms with Crippen LogP contribution >= 0.6 is 15.9 Å². The molecule has 0 aliphatic heterocycles. The van der Waals surface area contributed by atoms with Crippen molar-refractivity contribution in [1.29, 1.82) is 0 Å². The maximum absolute atomic E-state index is 14.2. The van der Waals surface area contributed by atoms with Gasteiger partial charge in [0.05, 0.1) is 0 Å². The molecular formula is C15H22BrF2N. The molecule has 0 spiro atoms. The first-order valence-corrected chi connectivity index (χ1v) is 7.97. The van der Waals surface area contributed by atoms with Crippen molar-refractivity contribution in [3.63, 3.8) is 0 Å². The van der Waals surface area contributed by atoms with Crippen molar-refractivity contribution in [2.45, 2.75) is 51.4 Å². The molecule has 0 aliphatic carbocycles. The zero-order valence-corrected chi connectivity index (χ0v) is 13.4. The fourth-order valence-corrected chi connectivity index (χ4v) is 2.39. The fraction of sp³-hybridized carbons (Fsp3) is 0.600. The van der Waals surface area contributed by atoms with Gasteiger partial charge in [0.15, 0.2) is 0 Å². The molecule has 0 N–H and O–H groups in total. The molecule has 0 aliphatic rings. The second-order valence-corrected chi connectivity index (χ2v) is 5.41. The number of hydrogen-bond acceptors (Lipinski definition) is 1. The van der Waals surface area contributed by atoms with E-state index in [9.17, 15) is 8.78 Å². The third-order valence-corrected chi connectivity index (χ3v) is 4.04. The van der Waals surface area contributed by atoms with E-state index in [4.69, 9.17) is 0 Å². The summed E-state index contributed by atoms with van der Waals surface area (Å²) in [6.45, 7) is 6.81. The van der Waals surface area contributed by atoms with Gasteiger partial charge in [0.1, 0.15) is 17.3 Å². The summed E-state index contributed by atoms with van der Waals surface area (Å²) < 4.78 is 28.3. The molecule has 0 fully saturated rings. The lowest BCUT2D eigenvalue weighted by atomic mass is 10.1. The topological polar surface area (TPSA) is 3.24 Å². The van der Waals surface area contributed by atoms with E-state index < -0.39 is 11.6 Å². The SMILES string of the molecule is CCCCN(c1c(F)cc(CBr)cc1F)C(C)CC. The van der Waals surface area contributed by atoms with Crippen LogP contribution in [0, 0.1) is 11.6 Å². The second-order valence-electron chi connectivity index (χ2n) is 4.85. The Bertz CT molecular complexity index is 386. The molecule has 0 heterocycles. The first kappa shape index (κ1) is 16.4. The Morgan fingerprint density at radius 3 is 2.21 bits per heavy atom. The van der Waals surface area contributed by atoms with E-state index in [0.29, 0.717) is 17.4 Å². The number of rotatable bonds is 7. The fourth-order valence-electron chi connectivity index (χ4n) is 2.07. The summed E-state index contributed by atoms with van der Waals surface area (Å²) >= 11 is 3.23. The highest BCUT2D eigenvalue weighted by Gasteiger charge is 2.21. The molecule has 1 aromatic carbocycles. The van der Waals surface area contributed by atoms with Crippen molar-refractivity contribution < 1.29 is 8.78 Å². The largest absolute Gasteiger partial charge is 0.364 e. The third-order valence-electron chi connectivity index (χ3n) is 3.39. The highest BCUT2D eigenvalue weighted by atomic mass is 79.9. The summed E-state index contributed by atoms with van der Waals surface area (Å²) in [5.41, 5.74) is 0.742. The van der Waals surface area contributed by atoms with Gasteiger partial charge in [-0.1, -0.05) is 36.2 Å². The molecule has 0 amide bonds. The number of anilines is 1. The third kappa shape index (κ3) is 4.16. The number of unbranched alkanes of at least 4 members (excludes halogenated alkanes) is 1. The highest BCUT2D eigenvalue weighted by molar-refractivity contribution is 9.08. The lowest BCUT2D eigenvalue weighted by molar-refractivity contribution is 0.531. The van der Waals surface area contributed by atoms with Crippen LogP contribution in [-0.4, -0.2) is 12.6 Å². The minimum atomic E-state index is -0.467. The molecule has 0 saturated heterocycles. The van der Waals surface area contributed by atoms with Gasteiger partial charge in [0, 0.05) is 17.9 Å². The molecule has 1 aromatic rings. The van der Waals surface area contributed by atoms with Crippen LogP contribution < -0.4 is 4.90 Å². The molecule has 0 bridgehead atoms. The van der Waals surface area contributed by atoms with Gasteiger partial charge in [-0.25, -0.2) is 8.78 Å². The van der Waals surface area contributed by atoms with Crippen LogP contribution in [0.3, 0.4) is 0 Å². The molecule has 0 aromatic heterocycles. The van der Waals surface area contributed by atoms with E-state index in [1.165, 1.54) is 12.1 Å². The van der Waals surface area contributed by atoms with E-state index in [-0.39, 0.29) is 11.7 Å². The van der Waals surface area contributed by atoms with Gasteiger partial charge in [-0.2, -0.15) is 0 Å². The minimum absolute atomic E-state index is 0.118. The Labute approximate surface area is 123 Å². The van der Waals surface area contributed by atoms with Gasteiger partial charge >= 0.3 is 0 Å². The first-order valence-electron chi connectivity index (χ1n) is 6.85. The van der Waals surface area contributed by atoms with E-state index in [2.05, 4.69) is 22.9 Å². The molecule has 1 unspecified atom stereocenters. The maximum Gasteiger partial charge on any atom is 0.149 e. The van der Waals surface area contributed by atoms with Crippen molar-refractivity contribution in [2.75, 3.05) is 11.4 Å². The summed E-state index contributed by atoms with van der Waals surface area (Å²) in [5.74, 6) is -0.934. The molecule has 0 radical (unpaired) electrons. The first-order chi connectivity index (χ1) is 9.04. The molecule has 19 heavy (non-hydrogen) atoms. The van der Waals surface area contributed by atoms with Gasteiger partial charge in [-0.15, -0.1) is 0 Å². The smallest absolute Gasteiger partial charge is 0.149 e. The van der Waals surface area contributed by atoms with E-state index in [1.54, 1.807) is 0 Å². The van der Waals surface area contributed by atoms with Gasteiger partial charge < -0.3 is 4.90 Å². The van der Waals surface area contributed by atoms with Crippen LogP contribution in [0.2, 0.25) is 0 Å².